The van der Waals surface area contributed by atoms with Gasteiger partial charge >= 0.3 is 0 Å². The minimum atomic E-state index is 0.567. The minimum Gasteiger partial charge on any atom is -0.491 e. The summed E-state index contributed by atoms with van der Waals surface area (Å²) in [4.78, 5) is 0. The molecule has 0 heterocycles. The lowest BCUT2D eigenvalue weighted by Crippen LogP contribution is -2.17. The van der Waals surface area contributed by atoms with E-state index >= 15 is 0 Å². The van der Waals surface area contributed by atoms with E-state index in [1.54, 1.807) is 0 Å². The Morgan fingerprint density at radius 1 is 1.29 bits per heavy atom. The molecular weight excluding hydrogens is 330 g/mol. The Morgan fingerprint density at radius 3 is 2.71 bits per heavy atom. The third kappa shape index (κ3) is 5.97. The summed E-state index contributed by atoms with van der Waals surface area (Å²) in [6, 6.07) is 4.95. The predicted molar refractivity (Wildman–Crippen MR) is 89.9 cm³/mol. The van der Waals surface area contributed by atoms with Crippen LogP contribution in [-0.4, -0.2) is 25.9 Å². The number of ether oxygens (including phenoxy) is 2. The molecule has 0 saturated heterocycles. The molecule has 4 heteroatoms. The Bertz CT molecular complexity index is 458. The Hall–Kier alpha value is -0.580. The van der Waals surface area contributed by atoms with Crippen LogP contribution >= 0.6 is 15.9 Å². The maximum Gasteiger partial charge on any atom is 0.126 e. The van der Waals surface area contributed by atoms with Gasteiger partial charge < -0.3 is 14.8 Å². The zero-order valence-corrected chi connectivity index (χ0v) is 14.8. The first-order valence-electron chi connectivity index (χ1n) is 7.79. The third-order valence-electron chi connectivity index (χ3n) is 3.40. The molecule has 0 bridgehead atoms. The molecule has 1 aromatic rings. The first-order valence-corrected chi connectivity index (χ1v) is 8.58. The summed E-state index contributed by atoms with van der Waals surface area (Å²) in [6.07, 6.45) is 2.60. The van der Waals surface area contributed by atoms with Crippen LogP contribution in [0, 0.1) is 12.8 Å². The molecule has 1 fully saturated rings. The SMILES string of the molecule is Cc1cc(Br)cc(CNC2CC2)c1OCCOCC(C)C. The van der Waals surface area contributed by atoms with E-state index in [1.165, 1.54) is 24.0 Å². The average Bonchev–Trinajstić information content (AvgIpc) is 3.21. The van der Waals surface area contributed by atoms with Gasteiger partial charge in [-0.15, -0.1) is 0 Å². The van der Waals surface area contributed by atoms with Crippen LogP contribution < -0.4 is 10.1 Å². The molecule has 1 saturated carbocycles. The van der Waals surface area contributed by atoms with Gasteiger partial charge in [0.25, 0.3) is 0 Å². The van der Waals surface area contributed by atoms with Crippen molar-refractivity contribution in [2.75, 3.05) is 19.8 Å². The summed E-state index contributed by atoms with van der Waals surface area (Å²) in [5.74, 6) is 1.57. The van der Waals surface area contributed by atoms with Crippen LogP contribution in [0.3, 0.4) is 0 Å². The molecule has 118 valence electrons. The van der Waals surface area contributed by atoms with Gasteiger partial charge in [0, 0.05) is 29.2 Å². The summed E-state index contributed by atoms with van der Waals surface area (Å²) < 4.78 is 12.7. The Kier molecular flexibility index (Phi) is 6.52. The van der Waals surface area contributed by atoms with Crippen LogP contribution in [0.1, 0.15) is 37.8 Å². The molecule has 0 aliphatic heterocycles. The van der Waals surface area contributed by atoms with Crippen molar-refractivity contribution < 1.29 is 9.47 Å². The van der Waals surface area contributed by atoms with Crippen LogP contribution in [0.15, 0.2) is 16.6 Å². The molecule has 0 atom stereocenters. The fraction of sp³-hybridized carbons (Fsp3) is 0.647. The second kappa shape index (κ2) is 8.16. The fourth-order valence-corrected chi connectivity index (χ4v) is 2.82. The Morgan fingerprint density at radius 2 is 2.05 bits per heavy atom. The molecule has 0 unspecified atom stereocenters. The molecule has 3 nitrogen and oxygen atoms in total. The highest BCUT2D eigenvalue weighted by molar-refractivity contribution is 9.10. The molecule has 1 aromatic carbocycles. The highest BCUT2D eigenvalue weighted by Gasteiger charge is 2.21. The normalized spacial score (nSPS) is 14.7. The summed E-state index contributed by atoms with van der Waals surface area (Å²) >= 11 is 3.57. The summed E-state index contributed by atoms with van der Waals surface area (Å²) in [7, 11) is 0. The summed E-state index contributed by atoms with van der Waals surface area (Å²) in [5.41, 5.74) is 2.39. The lowest BCUT2D eigenvalue weighted by Gasteiger charge is -2.16. The smallest absolute Gasteiger partial charge is 0.126 e. The van der Waals surface area contributed by atoms with E-state index in [0.717, 1.165) is 23.4 Å². The van der Waals surface area contributed by atoms with Crippen LogP contribution in [0.5, 0.6) is 5.75 Å². The second-order valence-electron chi connectivity index (χ2n) is 6.18. The van der Waals surface area contributed by atoms with Gasteiger partial charge in [-0.05, 0) is 43.4 Å². The molecule has 1 N–H and O–H groups in total. The molecule has 1 aliphatic rings. The van der Waals surface area contributed by atoms with Crippen LogP contribution in [0.25, 0.3) is 0 Å². The van der Waals surface area contributed by atoms with Crippen molar-refractivity contribution in [2.24, 2.45) is 5.92 Å². The predicted octanol–water partition coefficient (Wildman–Crippen LogP) is 4.06. The van der Waals surface area contributed by atoms with Crippen molar-refractivity contribution in [2.45, 2.75) is 46.2 Å². The monoisotopic (exact) mass is 355 g/mol. The Labute approximate surface area is 136 Å². The number of hydrogen-bond donors (Lipinski definition) is 1. The first kappa shape index (κ1) is 16.8. The quantitative estimate of drug-likeness (QED) is 0.677. The molecule has 1 aliphatic carbocycles. The number of benzene rings is 1. The topological polar surface area (TPSA) is 30.5 Å². The van der Waals surface area contributed by atoms with E-state index in [2.05, 4.69) is 54.2 Å². The van der Waals surface area contributed by atoms with E-state index in [9.17, 15) is 0 Å². The van der Waals surface area contributed by atoms with Crippen molar-refractivity contribution in [3.8, 4) is 5.75 Å². The van der Waals surface area contributed by atoms with Crippen molar-refractivity contribution in [1.82, 2.24) is 5.32 Å². The van der Waals surface area contributed by atoms with E-state index in [1.807, 2.05) is 0 Å². The number of halogens is 1. The number of rotatable bonds is 9. The lowest BCUT2D eigenvalue weighted by molar-refractivity contribution is 0.0814. The maximum atomic E-state index is 5.97. The van der Waals surface area contributed by atoms with Crippen LogP contribution in [-0.2, 0) is 11.3 Å². The van der Waals surface area contributed by atoms with E-state index < -0.39 is 0 Å². The zero-order valence-electron chi connectivity index (χ0n) is 13.2. The van der Waals surface area contributed by atoms with Gasteiger partial charge in [0.1, 0.15) is 12.4 Å². The van der Waals surface area contributed by atoms with E-state index in [0.29, 0.717) is 25.2 Å². The van der Waals surface area contributed by atoms with Crippen molar-refractivity contribution >= 4 is 15.9 Å². The van der Waals surface area contributed by atoms with Crippen molar-refractivity contribution in [1.29, 1.82) is 0 Å². The summed E-state index contributed by atoms with van der Waals surface area (Å²) in [5, 5.41) is 3.55. The van der Waals surface area contributed by atoms with Gasteiger partial charge in [-0.3, -0.25) is 0 Å². The van der Waals surface area contributed by atoms with E-state index in [4.69, 9.17) is 9.47 Å². The molecule has 0 aromatic heterocycles. The highest BCUT2D eigenvalue weighted by Crippen LogP contribution is 2.29. The van der Waals surface area contributed by atoms with Gasteiger partial charge in [0.05, 0.1) is 6.61 Å². The molecule has 0 radical (unpaired) electrons. The van der Waals surface area contributed by atoms with Gasteiger partial charge in [-0.25, -0.2) is 0 Å². The number of hydrogen-bond acceptors (Lipinski definition) is 3. The summed E-state index contributed by atoms with van der Waals surface area (Å²) in [6.45, 7) is 9.30. The highest BCUT2D eigenvalue weighted by atomic mass is 79.9. The van der Waals surface area contributed by atoms with Gasteiger partial charge in [-0.2, -0.15) is 0 Å². The fourth-order valence-electron chi connectivity index (χ4n) is 2.20. The zero-order chi connectivity index (χ0) is 15.2. The van der Waals surface area contributed by atoms with Gasteiger partial charge in [0.2, 0.25) is 0 Å². The third-order valence-corrected chi connectivity index (χ3v) is 3.86. The average molecular weight is 356 g/mol. The van der Waals surface area contributed by atoms with E-state index in [-0.39, 0.29) is 0 Å². The maximum absolute atomic E-state index is 5.97. The lowest BCUT2D eigenvalue weighted by atomic mass is 10.1. The first-order chi connectivity index (χ1) is 10.1. The van der Waals surface area contributed by atoms with Crippen molar-refractivity contribution in [3.63, 3.8) is 0 Å². The largest absolute Gasteiger partial charge is 0.491 e. The number of nitrogens with one attached hydrogen (secondary N) is 1. The number of aryl methyl sites for hydroxylation is 1. The van der Waals surface area contributed by atoms with Crippen molar-refractivity contribution in [3.05, 3.63) is 27.7 Å². The molecule has 2 rings (SSSR count). The standard InChI is InChI=1S/C17H26BrNO2/c1-12(2)11-20-6-7-21-17-13(3)8-15(18)9-14(17)10-19-16-4-5-16/h8-9,12,16,19H,4-7,10-11H2,1-3H3. The van der Waals surface area contributed by atoms with Crippen LogP contribution in [0.2, 0.25) is 0 Å². The molecule has 0 spiro atoms. The molecule has 0 amide bonds. The Balaban J connectivity index is 1.89. The minimum absolute atomic E-state index is 0.567. The van der Waals surface area contributed by atoms with Gasteiger partial charge in [0.15, 0.2) is 0 Å². The van der Waals surface area contributed by atoms with Crippen LogP contribution in [0.4, 0.5) is 0 Å². The molecular formula is C17H26BrNO2. The molecule has 21 heavy (non-hydrogen) atoms. The second-order valence-corrected chi connectivity index (χ2v) is 7.10. The van der Waals surface area contributed by atoms with Gasteiger partial charge in [-0.1, -0.05) is 29.8 Å².